The first-order valence-electron chi connectivity index (χ1n) is 5.20. The van der Waals surface area contributed by atoms with Gasteiger partial charge in [0.15, 0.2) is 6.10 Å². The van der Waals surface area contributed by atoms with Crippen LogP contribution in [0.4, 0.5) is 0 Å². The standard InChI is InChI=1S/C10H10BrCl2NO5S/c11-5-3-6(12)9(7(13)4-5)20(18,19)14-2-1-8(15)10(16)17/h3-4,8,14-15H,1-2H2,(H,16,17)/t8-/m0/s1. The van der Waals surface area contributed by atoms with E-state index in [0.717, 1.165) is 0 Å². The van der Waals surface area contributed by atoms with Crippen LogP contribution in [0.3, 0.4) is 0 Å². The van der Waals surface area contributed by atoms with Crippen molar-refractivity contribution in [2.45, 2.75) is 17.4 Å². The van der Waals surface area contributed by atoms with Crippen molar-refractivity contribution < 1.29 is 23.4 Å². The van der Waals surface area contributed by atoms with Gasteiger partial charge in [-0.15, -0.1) is 0 Å². The number of carbonyl (C=O) groups is 1. The highest BCUT2D eigenvalue weighted by atomic mass is 79.9. The summed E-state index contributed by atoms with van der Waals surface area (Å²) in [7, 11) is -4.00. The Kier molecular flexibility index (Phi) is 6.24. The molecule has 20 heavy (non-hydrogen) atoms. The lowest BCUT2D eigenvalue weighted by atomic mass is 10.3. The van der Waals surface area contributed by atoms with Crippen LogP contribution in [0.2, 0.25) is 10.0 Å². The molecule has 0 saturated carbocycles. The number of benzene rings is 1. The molecule has 0 aliphatic carbocycles. The zero-order valence-corrected chi connectivity index (χ0v) is 13.7. The third-order valence-corrected chi connectivity index (χ3v) is 5.07. The summed E-state index contributed by atoms with van der Waals surface area (Å²) in [5.41, 5.74) is 0. The van der Waals surface area contributed by atoms with Gasteiger partial charge in [0, 0.05) is 11.0 Å². The van der Waals surface area contributed by atoms with E-state index < -0.39 is 22.1 Å². The Morgan fingerprint density at radius 1 is 1.35 bits per heavy atom. The molecule has 112 valence electrons. The number of hydrogen-bond acceptors (Lipinski definition) is 4. The van der Waals surface area contributed by atoms with Gasteiger partial charge in [0.2, 0.25) is 10.0 Å². The number of hydrogen-bond donors (Lipinski definition) is 3. The van der Waals surface area contributed by atoms with Crippen molar-refractivity contribution in [1.82, 2.24) is 4.72 Å². The smallest absolute Gasteiger partial charge is 0.332 e. The first kappa shape index (κ1) is 17.7. The van der Waals surface area contributed by atoms with Crippen molar-refractivity contribution in [1.29, 1.82) is 0 Å². The first-order chi connectivity index (χ1) is 9.15. The minimum Gasteiger partial charge on any atom is -0.479 e. The van der Waals surface area contributed by atoms with Crippen LogP contribution in [0.5, 0.6) is 0 Å². The zero-order valence-electron chi connectivity index (χ0n) is 9.81. The fraction of sp³-hybridized carbons (Fsp3) is 0.300. The molecular weight excluding hydrogens is 397 g/mol. The maximum atomic E-state index is 12.0. The normalized spacial score (nSPS) is 13.2. The molecule has 0 saturated heterocycles. The van der Waals surface area contributed by atoms with Crippen molar-refractivity contribution in [3.05, 3.63) is 26.7 Å². The Labute approximate surface area is 133 Å². The van der Waals surface area contributed by atoms with Gasteiger partial charge in [-0.3, -0.25) is 0 Å². The molecule has 0 unspecified atom stereocenters. The summed E-state index contributed by atoms with van der Waals surface area (Å²) in [4.78, 5) is 10.1. The molecule has 0 spiro atoms. The van der Waals surface area contributed by atoms with Crippen LogP contribution in [0.15, 0.2) is 21.5 Å². The summed E-state index contributed by atoms with van der Waals surface area (Å²) in [6.07, 6.45) is -1.92. The average molecular weight is 407 g/mol. The fourth-order valence-corrected chi connectivity index (χ4v) is 4.29. The summed E-state index contributed by atoms with van der Waals surface area (Å²) in [5.74, 6) is -1.43. The second kappa shape index (κ2) is 7.06. The number of carboxylic acid groups (broad SMARTS) is 1. The monoisotopic (exact) mass is 405 g/mol. The molecule has 6 nitrogen and oxygen atoms in total. The summed E-state index contributed by atoms with van der Waals surface area (Å²) in [5, 5.41) is 17.4. The van der Waals surface area contributed by atoms with E-state index >= 15 is 0 Å². The second-order valence-corrected chi connectivity index (χ2v) is 7.17. The number of rotatable bonds is 6. The predicted molar refractivity (Wildman–Crippen MR) is 77.6 cm³/mol. The molecule has 1 rings (SSSR count). The summed E-state index contributed by atoms with van der Waals surface area (Å²) in [6, 6.07) is 2.74. The average Bonchev–Trinajstić information content (AvgIpc) is 2.26. The third-order valence-electron chi connectivity index (χ3n) is 2.23. The molecule has 0 aliphatic heterocycles. The molecule has 0 fully saturated rings. The molecule has 0 amide bonds. The predicted octanol–water partition coefficient (Wildman–Crippen LogP) is 1.87. The molecule has 1 aromatic carbocycles. The highest BCUT2D eigenvalue weighted by Crippen LogP contribution is 2.32. The largest absolute Gasteiger partial charge is 0.479 e. The van der Waals surface area contributed by atoms with Crippen molar-refractivity contribution in [2.75, 3.05) is 6.54 Å². The van der Waals surface area contributed by atoms with E-state index in [1.165, 1.54) is 12.1 Å². The van der Waals surface area contributed by atoms with Gasteiger partial charge in [0.05, 0.1) is 10.0 Å². The highest BCUT2D eigenvalue weighted by molar-refractivity contribution is 9.10. The number of aliphatic hydroxyl groups excluding tert-OH is 1. The van der Waals surface area contributed by atoms with Crippen LogP contribution in [0, 0.1) is 0 Å². The van der Waals surface area contributed by atoms with Crippen LogP contribution in [0.25, 0.3) is 0 Å². The molecule has 3 N–H and O–H groups in total. The highest BCUT2D eigenvalue weighted by Gasteiger charge is 2.23. The van der Waals surface area contributed by atoms with Gasteiger partial charge in [-0.25, -0.2) is 17.9 Å². The second-order valence-electron chi connectivity index (χ2n) is 3.74. The molecule has 1 atom stereocenters. The topological polar surface area (TPSA) is 104 Å². The number of nitrogens with one attached hydrogen (secondary N) is 1. The number of halogens is 3. The number of aliphatic carboxylic acids is 1. The molecule has 0 aliphatic rings. The van der Waals surface area contributed by atoms with Crippen molar-refractivity contribution in [3.8, 4) is 0 Å². The van der Waals surface area contributed by atoms with Crippen molar-refractivity contribution in [2.24, 2.45) is 0 Å². The van der Waals surface area contributed by atoms with E-state index in [-0.39, 0.29) is 27.9 Å². The lowest BCUT2D eigenvalue weighted by Crippen LogP contribution is -2.30. The van der Waals surface area contributed by atoms with Crippen molar-refractivity contribution in [3.63, 3.8) is 0 Å². The molecule has 0 bridgehead atoms. The van der Waals surface area contributed by atoms with E-state index in [1.54, 1.807) is 0 Å². The Balaban J connectivity index is 2.88. The van der Waals surface area contributed by atoms with Crippen LogP contribution >= 0.6 is 39.1 Å². The quantitative estimate of drug-likeness (QED) is 0.668. The minimum absolute atomic E-state index is 0.0735. The summed E-state index contributed by atoms with van der Waals surface area (Å²) in [6.45, 7) is -0.265. The molecule has 0 radical (unpaired) electrons. The zero-order chi connectivity index (χ0) is 15.5. The van der Waals surface area contributed by atoms with Gasteiger partial charge in [-0.1, -0.05) is 39.1 Å². The SMILES string of the molecule is O=C(O)[C@@H](O)CCNS(=O)(=O)c1c(Cl)cc(Br)cc1Cl. The molecular formula is C10H10BrCl2NO5S. The molecule has 0 heterocycles. The lowest BCUT2D eigenvalue weighted by Gasteiger charge is -2.11. The van der Waals surface area contributed by atoms with E-state index in [0.29, 0.717) is 4.47 Å². The van der Waals surface area contributed by atoms with E-state index in [1.807, 2.05) is 0 Å². The molecule has 10 heteroatoms. The van der Waals surface area contributed by atoms with Gasteiger partial charge >= 0.3 is 5.97 Å². The Morgan fingerprint density at radius 3 is 2.30 bits per heavy atom. The van der Waals surface area contributed by atoms with Crippen LogP contribution in [-0.4, -0.2) is 37.2 Å². The van der Waals surface area contributed by atoms with Crippen LogP contribution in [0.1, 0.15) is 6.42 Å². The van der Waals surface area contributed by atoms with Gasteiger partial charge in [0.25, 0.3) is 0 Å². The van der Waals surface area contributed by atoms with Crippen LogP contribution in [-0.2, 0) is 14.8 Å². The third kappa shape index (κ3) is 4.57. The van der Waals surface area contributed by atoms with Gasteiger partial charge in [-0.2, -0.15) is 0 Å². The van der Waals surface area contributed by atoms with E-state index in [4.69, 9.17) is 33.4 Å². The number of carboxylic acids is 1. The molecule has 1 aromatic rings. The fourth-order valence-electron chi connectivity index (χ4n) is 1.31. The van der Waals surface area contributed by atoms with Crippen LogP contribution < -0.4 is 4.72 Å². The van der Waals surface area contributed by atoms with Gasteiger partial charge in [-0.05, 0) is 18.6 Å². The van der Waals surface area contributed by atoms with E-state index in [2.05, 4.69) is 20.7 Å². The van der Waals surface area contributed by atoms with Gasteiger partial charge in [0.1, 0.15) is 4.90 Å². The van der Waals surface area contributed by atoms with Gasteiger partial charge < -0.3 is 10.2 Å². The lowest BCUT2D eigenvalue weighted by molar-refractivity contribution is -0.146. The molecule has 0 aromatic heterocycles. The first-order valence-corrected chi connectivity index (χ1v) is 8.23. The number of aliphatic hydroxyl groups is 1. The minimum atomic E-state index is -4.00. The number of sulfonamides is 1. The Morgan fingerprint density at radius 2 is 1.85 bits per heavy atom. The Bertz CT molecular complexity index is 599. The Hall–Kier alpha value is -0.380. The summed E-state index contributed by atoms with van der Waals surface area (Å²) >= 11 is 14.8. The maximum Gasteiger partial charge on any atom is 0.332 e. The van der Waals surface area contributed by atoms with Crippen molar-refractivity contribution >= 4 is 55.1 Å². The maximum absolute atomic E-state index is 12.0. The van der Waals surface area contributed by atoms with E-state index in [9.17, 15) is 13.2 Å². The summed E-state index contributed by atoms with van der Waals surface area (Å²) < 4.78 is 26.7.